The van der Waals surface area contributed by atoms with Crippen molar-refractivity contribution in [1.29, 1.82) is 0 Å². The van der Waals surface area contributed by atoms with Crippen molar-refractivity contribution in [1.82, 2.24) is 4.90 Å². The zero-order valence-electron chi connectivity index (χ0n) is 39.1. The van der Waals surface area contributed by atoms with Gasteiger partial charge in [0.1, 0.15) is 24.3 Å². The number of fused-ring (bicyclic) bond motifs is 7. The lowest BCUT2D eigenvalue weighted by atomic mass is 9.38. The second-order valence-electron chi connectivity index (χ2n) is 20.5. The van der Waals surface area contributed by atoms with Gasteiger partial charge in [-0.1, -0.05) is 67.9 Å². The molecule has 330 valence electrons. The number of allylic oxidation sites excluding steroid dienone is 2. The number of nitrogens with zero attached hydrogens (tertiary/aromatic N) is 1. The average molecular weight is 812 g/mol. The van der Waals surface area contributed by atoms with Gasteiger partial charge in [-0.2, -0.15) is 0 Å². The van der Waals surface area contributed by atoms with E-state index in [4.69, 9.17) is 14.6 Å². The molecule has 0 aromatic carbocycles. The third kappa shape index (κ3) is 11.6. The number of amides is 1. The lowest BCUT2D eigenvalue weighted by molar-refractivity contribution is -0.191. The molecule has 9 unspecified atom stereocenters. The average Bonchev–Trinajstić information content (AvgIpc) is 3.43. The van der Waals surface area contributed by atoms with Crippen molar-refractivity contribution in [2.45, 2.75) is 179 Å². The maximum Gasteiger partial charge on any atom is 0.410 e. The van der Waals surface area contributed by atoms with Crippen molar-refractivity contribution in [3.63, 3.8) is 0 Å². The highest BCUT2D eigenvalue weighted by atomic mass is 16.6. The van der Waals surface area contributed by atoms with Crippen LogP contribution in [0, 0.1) is 69.0 Å². The summed E-state index contributed by atoms with van der Waals surface area (Å²) in [6.45, 7) is 29.6. The van der Waals surface area contributed by atoms with Crippen LogP contribution in [-0.4, -0.2) is 72.3 Å². The summed E-state index contributed by atoms with van der Waals surface area (Å²) in [5.74, 6) is 8.74. The fraction of sp³-hybridized carbons (Fsp3) is 0.816. The number of aldehydes is 2. The molecule has 0 saturated heterocycles. The Morgan fingerprint density at radius 3 is 2.00 bits per heavy atom. The summed E-state index contributed by atoms with van der Waals surface area (Å²) < 4.78 is 11.2. The van der Waals surface area contributed by atoms with E-state index in [-0.39, 0.29) is 35.9 Å². The van der Waals surface area contributed by atoms with Crippen molar-refractivity contribution in [2.75, 3.05) is 20.2 Å². The minimum Gasteiger partial charge on any atom is -0.462 e. The first-order chi connectivity index (χ1) is 27.0. The highest BCUT2D eigenvalue weighted by Gasteiger charge is 2.64. The molecule has 0 aliphatic heterocycles. The molecule has 0 radical (unpaired) electrons. The van der Waals surface area contributed by atoms with Crippen LogP contribution in [0.25, 0.3) is 0 Å². The number of hydrogen-bond acceptors (Lipinski definition) is 8. The number of carbonyl (C=O) groups is 5. The van der Waals surface area contributed by atoms with E-state index in [1.54, 1.807) is 40.2 Å². The van der Waals surface area contributed by atoms with Gasteiger partial charge in [0.05, 0.1) is 13.0 Å². The predicted molar refractivity (Wildman–Crippen MR) is 232 cm³/mol. The Kier molecular flexibility index (Phi) is 18.5. The fourth-order valence-corrected chi connectivity index (χ4v) is 11.9. The van der Waals surface area contributed by atoms with Gasteiger partial charge in [-0.25, -0.2) is 4.79 Å². The van der Waals surface area contributed by atoms with E-state index >= 15 is 0 Å². The van der Waals surface area contributed by atoms with Crippen molar-refractivity contribution >= 4 is 30.4 Å². The second kappa shape index (κ2) is 21.0. The maximum absolute atomic E-state index is 13.2. The number of carbonyl (C=O) groups excluding carboxylic acids is 5. The monoisotopic (exact) mass is 812 g/mol. The third-order valence-electron chi connectivity index (χ3n) is 14.4. The molecule has 1 amide bonds. The number of aliphatic hydroxyl groups excluding tert-OH is 1. The van der Waals surface area contributed by atoms with Crippen LogP contribution < -0.4 is 0 Å². The molecule has 0 heterocycles. The molecule has 0 bridgehead atoms. The SMILES string of the molecule is CC#CC.CC(C)C1=C2C3CCC4C(C)(CCC5C(C)C(OC(=O)CC(C)(C)C=O)CCC54C)C3CCC2(C)CC1=O.CCCN(CC=O)C(=O)OC(C)(C)C.CO. The zero-order chi connectivity index (χ0) is 44.4. The van der Waals surface area contributed by atoms with Crippen LogP contribution in [0.1, 0.15) is 168 Å². The Morgan fingerprint density at radius 2 is 1.48 bits per heavy atom. The molecule has 0 aromatic heterocycles. The van der Waals surface area contributed by atoms with Gasteiger partial charge in [-0.3, -0.25) is 9.59 Å². The predicted octanol–water partition coefficient (Wildman–Crippen LogP) is 10.2. The first-order valence-electron chi connectivity index (χ1n) is 22.1. The molecule has 5 rings (SSSR count). The molecule has 5 aliphatic carbocycles. The Labute approximate surface area is 352 Å². The van der Waals surface area contributed by atoms with E-state index in [0.29, 0.717) is 59.5 Å². The van der Waals surface area contributed by atoms with Gasteiger partial charge in [-0.05, 0) is 150 Å². The van der Waals surface area contributed by atoms with E-state index in [1.165, 1.54) is 49.0 Å². The number of aliphatic hydroxyl groups is 1. The molecule has 9 atom stereocenters. The van der Waals surface area contributed by atoms with Gasteiger partial charge in [0, 0.05) is 25.5 Å². The molecule has 9 nitrogen and oxygen atoms in total. The summed E-state index contributed by atoms with van der Waals surface area (Å²) in [5.41, 5.74) is 2.26. The lowest BCUT2D eigenvalue weighted by Crippen LogP contribution is -2.60. The van der Waals surface area contributed by atoms with Crippen molar-refractivity contribution in [2.24, 2.45) is 57.2 Å². The van der Waals surface area contributed by atoms with Crippen molar-refractivity contribution in [3.8, 4) is 11.8 Å². The first-order valence-corrected chi connectivity index (χ1v) is 22.1. The highest BCUT2D eigenvalue weighted by molar-refractivity contribution is 6.00. The standard InChI is InChI=1S/C34H52O4.C10H19NO3.C4H6.CH4O/c1-20(2)29-25(36)17-32(6)14-11-24-22(30(29)32)9-10-27-33(7)16-13-26(38-28(37)18-31(4,5)19-35)21(3)23(33)12-15-34(24,27)8;1-5-6-11(7-8-12)9(13)14-10(2,3)4;1-3-4-2;1-2/h19-24,26-27H,9-18H2,1-8H3;8H,5-7H2,1-4H3;1-2H3;2H,1H3. The molecule has 0 aromatic rings. The van der Waals surface area contributed by atoms with E-state index in [9.17, 15) is 24.0 Å². The summed E-state index contributed by atoms with van der Waals surface area (Å²) in [5, 5.41) is 7.00. The summed E-state index contributed by atoms with van der Waals surface area (Å²) in [6, 6.07) is 0. The first kappa shape index (κ1) is 51.2. The van der Waals surface area contributed by atoms with Crippen molar-refractivity contribution in [3.05, 3.63) is 11.1 Å². The Morgan fingerprint density at radius 1 is 0.914 bits per heavy atom. The topological polar surface area (TPSA) is 127 Å². The van der Waals surface area contributed by atoms with E-state index < -0.39 is 17.1 Å². The van der Waals surface area contributed by atoms with Gasteiger partial charge in [0.2, 0.25) is 0 Å². The highest BCUT2D eigenvalue weighted by Crippen LogP contribution is 2.71. The summed E-state index contributed by atoms with van der Waals surface area (Å²) in [7, 11) is 1.00. The van der Waals surface area contributed by atoms with Crippen LogP contribution in [0.2, 0.25) is 0 Å². The van der Waals surface area contributed by atoms with Gasteiger partial charge < -0.3 is 29.1 Å². The van der Waals surface area contributed by atoms with Gasteiger partial charge in [0.15, 0.2) is 5.78 Å². The molecular weight excluding hydrogens is 731 g/mol. The quantitative estimate of drug-likeness (QED) is 0.139. The van der Waals surface area contributed by atoms with Crippen LogP contribution in [0.3, 0.4) is 0 Å². The maximum atomic E-state index is 13.2. The van der Waals surface area contributed by atoms with Gasteiger partial charge >= 0.3 is 12.1 Å². The van der Waals surface area contributed by atoms with E-state index in [2.05, 4.69) is 53.4 Å². The number of hydrogen-bond donors (Lipinski definition) is 1. The van der Waals surface area contributed by atoms with Crippen molar-refractivity contribution < 1.29 is 38.6 Å². The molecule has 1 N–H and O–H groups in total. The Balaban J connectivity index is 0.000000486. The van der Waals surface area contributed by atoms with Gasteiger partial charge in [-0.15, -0.1) is 11.8 Å². The van der Waals surface area contributed by atoms with Gasteiger partial charge in [0.25, 0.3) is 0 Å². The zero-order valence-corrected chi connectivity index (χ0v) is 39.1. The Hall–Kier alpha value is -2.99. The minimum atomic E-state index is -0.667. The van der Waals surface area contributed by atoms with E-state index in [0.717, 1.165) is 39.1 Å². The van der Waals surface area contributed by atoms with Crippen LogP contribution in [0.15, 0.2) is 11.1 Å². The normalized spacial score (nSPS) is 32.3. The molecule has 5 aliphatic rings. The van der Waals surface area contributed by atoms with Crippen LogP contribution in [0.4, 0.5) is 4.79 Å². The molecule has 4 saturated carbocycles. The minimum absolute atomic E-state index is 0.0395. The number of esters is 1. The molecule has 4 fully saturated rings. The molecular formula is C49H81NO8. The number of ether oxygens (including phenoxy) is 2. The van der Waals surface area contributed by atoms with Crippen LogP contribution in [-0.2, 0) is 28.7 Å². The number of Topliss-reactive ketones (excluding diaryl/α,β-unsaturated/α-hetero) is 1. The third-order valence-corrected chi connectivity index (χ3v) is 14.4. The van der Waals surface area contributed by atoms with Crippen LogP contribution >= 0.6 is 0 Å². The van der Waals surface area contributed by atoms with Crippen LogP contribution in [0.5, 0.6) is 0 Å². The smallest absolute Gasteiger partial charge is 0.410 e. The molecule has 58 heavy (non-hydrogen) atoms. The number of ketones is 1. The van der Waals surface area contributed by atoms with E-state index in [1.807, 2.05) is 20.8 Å². The molecule has 0 spiro atoms. The second-order valence-corrected chi connectivity index (χ2v) is 20.5. The summed E-state index contributed by atoms with van der Waals surface area (Å²) in [6.07, 6.45) is 12.2. The summed E-state index contributed by atoms with van der Waals surface area (Å²) in [4.78, 5) is 60.4. The fourth-order valence-electron chi connectivity index (χ4n) is 11.9. The summed E-state index contributed by atoms with van der Waals surface area (Å²) >= 11 is 0. The lowest BCUT2D eigenvalue weighted by Gasteiger charge is -2.67. The Bertz CT molecular complexity index is 1520. The number of rotatable bonds is 9. The largest absolute Gasteiger partial charge is 0.462 e. The molecule has 9 heteroatoms.